The number of likely N-dealkylation sites (N-methyl/N-ethyl adjacent to an activating group) is 1. The van der Waals surface area contributed by atoms with Gasteiger partial charge >= 0.3 is 5.97 Å². The van der Waals surface area contributed by atoms with Gasteiger partial charge in [-0.1, -0.05) is 0 Å². The van der Waals surface area contributed by atoms with E-state index in [-0.39, 0.29) is 5.75 Å². The Morgan fingerprint density at radius 3 is 2.94 bits per heavy atom. The molecular weight excluding hydrogens is 235 g/mol. The Balaban J connectivity index is 2.50. The highest BCUT2D eigenvalue weighted by atomic mass is 19.1. The zero-order valence-electron chi connectivity index (χ0n) is 10.3. The van der Waals surface area contributed by atoms with E-state index in [0.717, 1.165) is 23.9 Å². The van der Waals surface area contributed by atoms with Gasteiger partial charge in [-0.25, -0.2) is 4.39 Å². The Bertz CT molecular complexity index is 578. The van der Waals surface area contributed by atoms with E-state index in [1.165, 1.54) is 19.1 Å². The molecular formula is C13H15FN2O2. The number of hydrogen-bond acceptors (Lipinski definition) is 3. The molecule has 0 amide bonds. The summed E-state index contributed by atoms with van der Waals surface area (Å²) in [6, 6.07) is 2.63. The number of hydrogen-bond donors (Lipinski definition) is 2. The first-order valence-electron chi connectivity index (χ1n) is 5.74. The zero-order chi connectivity index (χ0) is 13.1. The van der Waals surface area contributed by atoms with Crippen LogP contribution in [-0.4, -0.2) is 24.5 Å². The molecule has 0 bridgehead atoms. The number of fused-ring (bicyclic) bond motifs is 1. The molecule has 0 atom stereocenters. The molecule has 2 N–H and O–H groups in total. The van der Waals surface area contributed by atoms with Crippen LogP contribution in [0.2, 0.25) is 0 Å². The van der Waals surface area contributed by atoms with E-state index in [4.69, 9.17) is 4.74 Å². The summed E-state index contributed by atoms with van der Waals surface area (Å²) in [5, 5.41) is 3.81. The minimum Gasteiger partial charge on any atom is -0.426 e. The Morgan fingerprint density at radius 1 is 1.50 bits per heavy atom. The number of rotatable bonds is 4. The second kappa shape index (κ2) is 5.18. The molecule has 1 aromatic heterocycles. The first-order valence-corrected chi connectivity index (χ1v) is 5.74. The number of carbonyl (C=O) groups excluding carboxylic acids is 1. The predicted molar refractivity (Wildman–Crippen MR) is 67.2 cm³/mol. The first kappa shape index (κ1) is 12.6. The molecule has 2 rings (SSSR count). The number of H-pyrrole nitrogens is 1. The normalized spacial score (nSPS) is 10.8. The van der Waals surface area contributed by atoms with E-state index in [1.54, 1.807) is 0 Å². The van der Waals surface area contributed by atoms with Crippen LogP contribution in [0.1, 0.15) is 12.5 Å². The largest absolute Gasteiger partial charge is 0.426 e. The van der Waals surface area contributed by atoms with E-state index in [1.807, 2.05) is 13.2 Å². The predicted octanol–water partition coefficient (Wildman–Crippen LogP) is 1.99. The van der Waals surface area contributed by atoms with Crippen LogP contribution in [-0.2, 0) is 11.2 Å². The van der Waals surface area contributed by atoms with Crippen molar-refractivity contribution in [3.63, 3.8) is 0 Å². The number of carbonyl (C=O) groups is 1. The van der Waals surface area contributed by atoms with Crippen LogP contribution in [0.25, 0.3) is 10.9 Å². The third-order valence-electron chi connectivity index (χ3n) is 2.69. The van der Waals surface area contributed by atoms with Crippen LogP contribution in [0.15, 0.2) is 18.3 Å². The van der Waals surface area contributed by atoms with Crippen LogP contribution in [0.4, 0.5) is 4.39 Å². The molecule has 0 spiro atoms. The molecule has 1 aromatic carbocycles. The quantitative estimate of drug-likeness (QED) is 0.644. The summed E-state index contributed by atoms with van der Waals surface area (Å²) in [5.74, 6) is -0.617. The topological polar surface area (TPSA) is 54.1 Å². The van der Waals surface area contributed by atoms with Crippen LogP contribution in [0.3, 0.4) is 0 Å². The van der Waals surface area contributed by atoms with Gasteiger partial charge < -0.3 is 15.0 Å². The third kappa shape index (κ3) is 2.51. The molecule has 5 heteroatoms. The summed E-state index contributed by atoms with van der Waals surface area (Å²) in [6.45, 7) is 2.10. The molecule has 0 unspecified atom stereocenters. The summed E-state index contributed by atoms with van der Waals surface area (Å²) < 4.78 is 18.5. The second-order valence-corrected chi connectivity index (χ2v) is 4.09. The lowest BCUT2D eigenvalue weighted by atomic mass is 10.1. The van der Waals surface area contributed by atoms with Crippen molar-refractivity contribution in [2.75, 3.05) is 13.6 Å². The van der Waals surface area contributed by atoms with E-state index >= 15 is 0 Å². The Hall–Kier alpha value is -1.88. The fourth-order valence-corrected chi connectivity index (χ4v) is 1.96. The number of aromatic amines is 1. The SMILES string of the molecule is CNCCc1c[nH]c2cc(F)cc(OC(C)=O)c12. The number of ether oxygens (including phenoxy) is 1. The van der Waals surface area contributed by atoms with Crippen molar-refractivity contribution in [1.29, 1.82) is 0 Å². The van der Waals surface area contributed by atoms with Crippen molar-refractivity contribution < 1.29 is 13.9 Å². The molecule has 0 saturated heterocycles. The molecule has 0 radical (unpaired) electrons. The fraction of sp³-hybridized carbons (Fsp3) is 0.308. The fourth-order valence-electron chi connectivity index (χ4n) is 1.96. The van der Waals surface area contributed by atoms with Gasteiger partial charge in [0.1, 0.15) is 11.6 Å². The van der Waals surface area contributed by atoms with E-state index < -0.39 is 11.8 Å². The lowest BCUT2D eigenvalue weighted by Crippen LogP contribution is -2.10. The summed E-state index contributed by atoms with van der Waals surface area (Å²) in [7, 11) is 1.86. The molecule has 4 nitrogen and oxygen atoms in total. The highest BCUT2D eigenvalue weighted by molar-refractivity contribution is 5.91. The van der Waals surface area contributed by atoms with E-state index in [9.17, 15) is 9.18 Å². The summed E-state index contributed by atoms with van der Waals surface area (Å²) in [6.07, 6.45) is 2.59. The van der Waals surface area contributed by atoms with Crippen LogP contribution in [0.5, 0.6) is 5.75 Å². The average Bonchev–Trinajstić information content (AvgIpc) is 2.68. The maximum absolute atomic E-state index is 13.4. The number of benzene rings is 1. The van der Waals surface area contributed by atoms with Gasteiger partial charge in [0.15, 0.2) is 0 Å². The Morgan fingerprint density at radius 2 is 2.28 bits per heavy atom. The average molecular weight is 250 g/mol. The number of nitrogens with one attached hydrogen (secondary N) is 2. The van der Waals surface area contributed by atoms with E-state index in [0.29, 0.717) is 5.52 Å². The summed E-state index contributed by atoms with van der Waals surface area (Å²) in [5.41, 5.74) is 1.63. The molecule has 96 valence electrons. The van der Waals surface area contributed by atoms with Crippen molar-refractivity contribution in [1.82, 2.24) is 10.3 Å². The van der Waals surface area contributed by atoms with Gasteiger partial charge in [0.05, 0.1) is 5.52 Å². The zero-order valence-corrected chi connectivity index (χ0v) is 10.3. The summed E-state index contributed by atoms with van der Waals surface area (Å²) in [4.78, 5) is 14.0. The van der Waals surface area contributed by atoms with Gasteiger partial charge in [-0.3, -0.25) is 4.79 Å². The molecule has 1 heterocycles. The van der Waals surface area contributed by atoms with Crippen molar-refractivity contribution in [3.8, 4) is 5.75 Å². The van der Waals surface area contributed by atoms with Gasteiger partial charge in [0.25, 0.3) is 0 Å². The maximum Gasteiger partial charge on any atom is 0.308 e. The summed E-state index contributed by atoms with van der Waals surface area (Å²) >= 11 is 0. The van der Waals surface area contributed by atoms with Crippen molar-refractivity contribution >= 4 is 16.9 Å². The lowest BCUT2D eigenvalue weighted by molar-refractivity contribution is -0.131. The van der Waals surface area contributed by atoms with Gasteiger partial charge in [-0.05, 0) is 31.6 Å². The van der Waals surface area contributed by atoms with Crippen molar-refractivity contribution in [2.24, 2.45) is 0 Å². The Kier molecular flexibility index (Phi) is 3.62. The maximum atomic E-state index is 13.4. The monoisotopic (exact) mass is 250 g/mol. The standard InChI is InChI=1S/C13H15FN2O2/c1-8(17)18-12-6-10(14)5-11-13(12)9(7-16-11)3-4-15-2/h5-7,15-16H,3-4H2,1-2H3. The smallest absolute Gasteiger partial charge is 0.308 e. The third-order valence-corrected chi connectivity index (χ3v) is 2.69. The van der Waals surface area contributed by atoms with Crippen LogP contribution in [0, 0.1) is 5.82 Å². The van der Waals surface area contributed by atoms with Gasteiger partial charge in [-0.15, -0.1) is 0 Å². The lowest BCUT2D eigenvalue weighted by Gasteiger charge is -2.06. The molecule has 0 aliphatic carbocycles. The minimum atomic E-state index is -0.456. The van der Waals surface area contributed by atoms with Gasteiger partial charge in [0.2, 0.25) is 0 Å². The van der Waals surface area contributed by atoms with Gasteiger partial charge in [-0.2, -0.15) is 0 Å². The second-order valence-electron chi connectivity index (χ2n) is 4.09. The van der Waals surface area contributed by atoms with Crippen molar-refractivity contribution in [3.05, 3.63) is 29.7 Å². The molecule has 0 fully saturated rings. The Labute approximate surface area is 104 Å². The van der Waals surface area contributed by atoms with Gasteiger partial charge in [0, 0.05) is 24.6 Å². The van der Waals surface area contributed by atoms with Crippen molar-refractivity contribution in [2.45, 2.75) is 13.3 Å². The number of halogens is 1. The van der Waals surface area contributed by atoms with Crippen LogP contribution < -0.4 is 10.1 Å². The minimum absolute atomic E-state index is 0.268. The highest BCUT2D eigenvalue weighted by Crippen LogP contribution is 2.30. The molecule has 2 aromatic rings. The molecule has 0 aliphatic heterocycles. The highest BCUT2D eigenvalue weighted by Gasteiger charge is 2.13. The van der Waals surface area contributed by atoms with Crippen LogP contribution >= 0.6 is 0 Å². The molecule has 0 aliphatic rings. The number of esters is 1. The molecule has 0 saturated carbocycles. The molecule has 18 heavy (non-hydrogen) atoms. The number of aromatic nitrogens is 1. The first-order chi connectivity index (χ1) is 8.61. The van der Waals surface area contributed by atoms with E-state index in [2.05, 4.69) is 10.3 Å².